The van der Waals surface area contributed by atoms with Crippen LogP contribution in [0.25, 0.3) is 0 Å². The van der Waals surface area contributed by atoms with E-state index in [1.807, 2.05) is 25.2 Å². The number of carbonyl (C=O) groups excluding carboxylic acids is 2. The van der Waals surface area contributed by atoms with Crippen molar-refractivity contribution in [3.63, 3.8) is 0 Å². The first-order valence-corrected chi connectivity index (χ1v) is 8.88. The van der Waals surface area contributed by atoms with E-state index in [9.17, 15) is 18.4 Å². The van der Waals surface area contributed by atoms with Crippen LogP contribution < -0.4 is 20.1 Å². The van der Waals surface area contributed by atoms with Crippen molar-refractivity contribution in [3.8, 4) is 11.5 Å². The van der Waals surface area contributed by atoms with Crippen LogP contribution in [0.5, 0.6) is 11.5 Å². The molecule has 2 N–H and O–H groups in total. The Balaban J connectivity index is 1.91. The minimum atomic E-state index is -1.15. The smallest absolute Gasteiger partial charge is 0.313 e. The molecule has 0 saturated carbocycles. The third kappa shape index (κ3) is 5.67. The number of hydrogen-bond acceptors (Lipinski definition) is 4. The molecule has 2 aromatic carbocycles. The zero-order valence-corrected chi connectivity index (χ0v) is 15.7. The van der Waals surface area contributed by atoms with Crippen LogP contribution in [0.4, 0.5) is 14.5 Å². The topological polar surface area (TPSA) is 76.7 Å². The van der Waals surface area contributed by atoms with Crippen LogP contribution in [0.3, 0.4) is 0 Å². The molecule has 0 aliphatic heterocycles. The van der Waals surface area contributed by atoms with Crippen LogP contribution in [-0.2, 0) is 16.0 Å². The van der Waals surface area contributed by atoms with Crippen molar-refractivity contribution in [3.05, 3.63) is 53.6 Å². The van der Waals surface area contributed by atoms with Crippen molar-refractivity contribution >= 4 is 17.5 Å². The zero-order valence-electron chi connectivity index (χ0n) is 15.7. The Bertz CT molecular complexity index is 823. The molecule has 2 rings (SSSR count). The normalized spacial score (nSPS) is 10.3. The molecule has 0 spiro atoms. The van der Waals surface area contributed by atoms with Gasteiger partial charge in [0.15, 0.2) is 11.5 Å². The van der Waals surface area contributed by atoms with Crippen LogP contribution in [0, 0.1) is 11.6 Å². The molecule has 0 heterocycles. The second-order valence-corrected chi connectivity index (χ2v) is 5.70. The van der Waals surface area contributed by atoms with Crippen LogP contribution >= 0.6 is 0 Å². The van der Waals surface area contributed by atoms with Crippen molar-refractivity contribution in [1.82, 2.24) is 5.32 Å². The van der Waals surface area contributed by atoms with E-state index in [0.717, 1.165) is 23.8 Å². The summed E-state index contributed by atoms with van der Waals surface area (Å²) < 4.78 is 38.1. The monoisotopic (exact) mass is 392 g/mol. The largest absolute Gasteiger partial charge is 0.490 e. The second-order valence-electron chi connectivity index (χ2n) is 5.70. The van der Waals surface area contributed by atoms with Gasteiger partial charge in [-0.25, -0.2) is 8.78 Å². The lowest BCUT2D eigenvalue weighted by Crippen LogP contribution is -2.36. The molecule has 0 unspecified atom stereocenters. The van der Waals surface area contributed by atoms with E-state index in [2.05, 4.69) is 5.32 Å². The summed E-state index contributed by atoms with van der Waals surface area (Å²) in [5.74, 6) is -2.83. The van der Waals surface area contributed by atoms with E-state index in [0.29, 0.717) is 31.1 Å². The van der Waals surface area contributed by atoms with Gasteiger partial charge in [0, 0.05) is 6.54 Å². The van der Waals surface area contributed by atoms with E-state index in [1.165, 1.54) is 0 Å². The molecular formula is C20H22F2N2O4. The van der Waals surface area contributed by atoms with Gasteiger partial charge in [-0.05, 0) is 50.1 Å². The number of nitrogens with one attached hydrogen (secondary N) is 2. The van der Waals surface area contributed by atoms with Crippen molar-refractivity contribution in [2.24, 2.45) is 0 Å². The number of carbonyl (C=O) groups is 2. The summed E-state index contributed by atoms with van der Waals surface area (Å²) in [5.41, 5.74) is 0.211. The van der Waals surface area contributed by atoms with Gasteiger partial charge >= 0.3 is 11.8 Å². The lowest BCUT2D eigenvalue weighted by atomic mass is 10.1. The molecule has 2 amide bonds. The predicted molar refractivity (Wildman–Crippen MR) is 100 cm³/mol. The maximum absolute atomic E-state index is 13.5. The third-order valence-corrected chi connectivity index (χ3v) is 3.71. The van der Waals surface area contributed by atoms with Crippen LogP contribution in [0.2, 0.25) is 0 Å². The van der Waals surface area contributed by atoms with Gasteiger partial charge in [-0.3, -0.25) is 9.59 Å². The van der Waals surface area contributed by atoms with Crippen LogP contribution in [0.1, 0.15) is 19.4 Å². The average molecular weight is 392 g/mol. The molecule has 150 valence electrons. The molecule has 8 heteroatoms. The fourth-order valence-corrected chi connectivity index (χ4v) is 2.44. The quantitative estimate of drug-likeness (QED) is 0.677. The highest BCUT2D eigenvalue weighted by atomic mass is 19.1. The van der Waals surface area contributed by atoms with E-state index < -0.39 is 29.1 Å². The molecule has 2 aromatic rings. The number of benzene rings is 2. The summed E-state index contributed by atoms with van der Waals surface area (Å²) in [4.78, 5) is 23.7. The minimum absolute atomic E-state index is 0.158. The number of halogens is 2. The van der Waals surface area contributed by atoms with Crippen molar-refractivity contribution < 1.29 is 27.8 Å². The van der Waals surface area contributed by atoms with Crippen molar-refractivity contribution in [1.29, 1.82) is 0 Å². The van der Waals surface area contributed by atoms with E-state index in [1.54, 1.807) is 12.1 Å². The Hall–Kier alpha value is -3.16. The molecule has 0 fully saturated rings. The average Bonchev–Trinajstić information content (AvgIpc) is 2.67. The van der Waals surface area contributed by atoms with Crippen LogP contribution in [-0.4, -0.2) is 31.6 Å². The minimum Gasteiger partial charge on any atom is -0.490 e. The highest BCUT2D eigenvalue weighted by Crippen LogP contribution is 2.28. The standard InChI is InChI=1S/C20H22F2N2O4/c1-3-27-16-9-8-13(12-17(16)28-4-2)10-11-23-19(25)20(26)24-18-14(21)6-5-7-15(18)22/h5-9,12H,3-4,10-11H2,1-2H3,(H,23,25)(H,24,26). The van der Waals surface area contributed by atoms with Gasteiger partial charge in [-0.15, -0.1) is 0 Å². The molecule has 28 heavy (non-hydrogen) atoms. The van der Waals surface area contributed by atoms with Gasteiger partial charge in [0.1, 0.15) is 17.3 Å². The van der Waals surface area contributed by atoms with Gasteiger partial charge in [-0.2, -0.15) is 0 Å². The Morgan fingerprint density at radius 3 is 2.21 bits per heavy atom. The Morgan fingerprint density at radius 2 is 1.57 bits per heavy atom. The highest BCUT2D eigenvalue weighted by Gasteiger charge is 2.18. The highest BCUT2D eigenvalue weighted by molar-refractivity contribution is 6.39. The van der Waals surface area contributed by atoms with Gasteiger partial charge in [0.05, 0.1) is 13.2 Å². The van der Waals surface area contributed by atoms with E-state index >= 15 is 0 Å². The van der Waals surface area contributed by atoms with Crippen molar-refractivity contribution in [2.75, 3.05) is 25.1 Å². The van der Waals surface area contributed by atoms with E-state index in [-0.39, 0.29) is 6.54 Å². The zero-order chi connectivity index (χ0) is 20.5. The Morgan fingerprint density at radius 1 is 0.929 bits per heavy atom. The first-order valence-electron chi connectivity index (χ1n) is 8.88. The summed E-state index contributed by atoms with van der Waals surface area (Å²) in [6.07, 6.45) is 0.430. The molecule has 0 atom stereocenters. The second kappa shape index (κ2) is 10.2. The first-order chi connectivity index (χ1) is 13.5. The number of hydrogen-bond donors (Lipinski definition) is 2. The molecule has 0 aliphatic rings. The fraction of sp³-hybridized carbons (Fsp3) is 0.300. The maximum Gasteiger partial charge on any atom is 0.313 e. The van der Waals surface area contributed by atoms with Crippen LogP contribution in [0.15, 0.2) is 36.4 Å². The predicted octanol–water partition coefficient (Wildman–Crippen LogP) is 3.06. The molecule has 6 nitrogen and oxygen atoms in total. The third-order valence-electron chi connectivity index (χ3n) is 3.71. The number of anilines is 1. The SMILES string of the molecule is CCOc1ccc(CCNC(=O)C(=O)Nc2c(F)cccc2F)cc1OCC. The number of amides is 2. The Kier molecular flexibility index (Phi) is 7.74. The number of para-hydroxylation sites is 1. The lowest BCUT2D eigenvalue weighted by molar-refractivity contribution is -0.136. The first kappa shape index (κ1) is 21.1. The summed E-state index contributed by atoms with van der Waals surface area (Å²) in [6.45, 7) is 4.88. The van der Waals surface area contributed by atoms with Gasteiger partial charge in [0.25, 0.3) is 0 Å². The summed E-state index contributed by atoms with van der Waals surface area (Å²) in [5, 5.41) is 4.35. The fourth-order valence-electron chi connectivity index (χ4n) is 2.44. The van der Waals surface area contributed by atoms with E-state index in [4.69, 9.17) is 9.47 Å². The summed E-state index contributed by atoms with van der Waals surface area (Å²) in [6, 6.07) is 8.54. The number of ether oxygens (including phenoxy) is 2. The lowest BCUT2D eigenvalue weighted by Gasteiger charge is -2.12. The maximum atomic E-state index is 13.5. The Labute approximate surface area is 161 Å². The molecule has 0 aromatic heterocycles. The molecule has 0 aliphatic carbocycles. The van der Waals surface area contributed by atoms with Gasteiger partial charge in [-0.1, -0.05) is 12.1 Å². The summed E-state index contributed by atoms with van der Waals surface area (Å²) in [7, 11) is 0. The molecule has 0 bridgehead atoms. The summed E-state index contributed by atoms with van der Waals surface area (Å²) >= 11 is 0. The van der Waals surface area contributed by atoms with Gasteiger partial charge in [0.2, 0.25) is 0 Å². The van der Waals surface area contributed by atoms with Crippen molar-refractivity contribution in [2.45, 2.75) is 20.3 Å². The van der Waals surface area contributed by atoms with Gasteiger partial charge < -0.3 is 20.1 Å². The number of rotatable bonds is 8. The molecule has 0 saturated heterocycles. The molecular weight excluding hydrogens is 370 g/mol. The molecule has 0 radical (unpaired) electrons.